The number of carbonyl (C=O) groups is 1. The number of aromatic carboxylic acids is 1. The molecule has 5 nitrogen and oxygen atoms in total. The van der Waals surface area contributed by atoms with Gasteiger partial charge in [-0.3, -0.25) is 0 Å². The summed E-state index contributed by atoms with van der Waals surface area (Å²) < 4.78 is 26.8. The summed E-state index contributed by atoms with van der Waals surface area (Å²) in [5.41, 5.74) is 0.0757. The molecule has 1 heterocycles. The van der Waals surface area contributed by atoms with Gasteiger partial charge in [0.1, 0.15) is 0 Å². The molecule has 0 saturated carbocycles. The molecular weight excluding hydrogens is 298 g/mol. The fraction of sp³-hybridized carbons (Fsp3) is 0.462. The van der Waals surface area contributed by atoms with Gasteiger partial charge in [0.25, 0.3) is 0 Å². The van der Waals surface area contributed by atoms with Crippen LogP contribution < -0.4 is 4.72 Å². The number of nitrogens with one attached hydrogen (secondary N) is 1. The van der Waals surface area contributed by atoms with Gasteiger partial charge in [-0.05, 0) is 42.9 Å². The average molecular weight is 315 g/mol. The van der Waals surface area contributed by atoms with E-state index in [1.807, 2.05) is 0 Å². The van der Waals surface area contributed by atoms with E-state index >= 15 is 0 Å². The fourth-order valence-corrected chi connectivity index (χ4v) is 4.46. The Balaban J connectivity index is 2.00. The number of hydrogen-bond donors (Lipinski definition) is 2. The van der Waals surface area contributed by atoms with Crippen LogP contribution in [-0.2, 0) is 10.0 Å². The molecule has 0 bridgehead atoms. The topological polar surface area (TPSA) is 83.5 Å². The molecule has 1 saturated heterocycles. The summed E-state index contributed by atoms with van der Waals surface area (Å²) >= 11 is 1.80. The number of thioether (sulfide) groups is 1. The van der Waals surface area contributed by atoms with Crippen LogP contribution in [0.4, 0.5) is 0 Å². The molecule has 0 aromatic heterocycles. The molecule has 2 rings (SSSR count). The van der Waals surface area contributed by atoms with Gasteiger partial charge in [-0.2, -0.15) is 11.8 Å². The molecule has 1 aliphatic heterocycles. The van der Waals surface area contributed by atoms with E-state index in [1.165, 1.54) is 30.7 Å². The van der Waals surface area contributed by atoms with Gasteiger partial charge in [0, 0.05) is 11.8 Å². The van der Waals surface area contributed by atoms with Crippen molar-refractivity contribution in [3.05, 3.63) is 29.8 Å². The molecule has 1 unspecified atom stereocenters. The third kappa shape index (κ3) is 3.97. The van der Waals surface area contributed by atoms with E-state index in [-0.39, 0.29) is 10.5 Å². The van der Waals surface area contributed by atoms with Crippen LogP contribution in [0.15, 0.2) is 29.2 Å². The van der Waals surface area contributed by atoms with Crippen molar-refractivity contribution in [2.45, 2.75) is 29.4 Å². The molecule has 0 radical (unpaired) electrons. The van der Waals surface area contributed by atoms with Gasteiger partial charge in [0.2, 0.25) is 10.0 Å². The molecule has 1 atom stereocenters. The van der Waals surface area contributed by atoms with Crippen LogP contribution in [0.25, 0.3) is 0 Å². The van der Waals surface area contributed by atoms with Gasteiger partial charge in [0.15, 0.2) is 0 Å². The Labute approximate surface area is 122 Å². The van der Waals surface area contributed by atoms with Crippen molar-refractivity contribution in [1.82, 2.24) is 4.72 Å². The Bertz CT molecular complexity index is 563. The second-order valence-corrected chi connectivity index (χ2v) is 7.85. The number of carboxylic acid groups (broad SMARTS) is 1. The average Bonchev–Trinajstić information content (AvgIpc) is 2.46. The Hall–Kier alpha value is -1.05. The lowest BCUT2D eigenvalue weighted by Crippen LogP contribution is -2.32. The summed E-state index contributed by atoms with van der Waals surface area (Å²) in [5, 5.41) is 9.11. The number of hydrogen-bond acceptors (Lipinski definition) is 4. The Morgan fingerprint density at radius 2 is 2.00 bits per heavy atom. The minimum absolute atomic E-state index is 0.0757. The quantitative estimate of drug-likeness (QED) is 0.867. The van der Waals surface area contributed by atoms with Crippen molar-refractivity contribution in [3.63, 3.8) is 0 Å². The van der Waals surface area contributed by atoms with E-state index in [2.05, 4.69) is 4.72 Å². The molecule has 2 N–H and O–H groups in total. The van der Waals surface area contributed by atoms with Crippen LogP contribution in [0.2, 0.25) is 0 Å². The first kappa shape index (κ1) is 15.3. The Morgan fingerprint density at radius 1 is 1.30 bits per heavy atom. The third-order valence-corrected chi connectivity index (χ3v) is 6.02. The van der Waals surface area contributed by atoms with Gasteiger partial charge in [-0.1, -0.05) is 6.42 Å². The first-order valence-electron chi connectivity index (χ1n) is 6.44. The highest BCUT2D eigenvalue weighted by molar-refractivity contribution is 8.00. The van der Waals surface area contributed by atoms with Crippen molar-refractivity contribution in [2.75, 3.05) is 12.3 Å². The van der Waals surface area contributed by atoms with E-state index in [9.17, 15) is 13.2 Å². The standard InChI is InChI=1S/C13H17NO4S2/c15-13(16)10-4-6-12(7-5-10)20(17,18)14-9-11-3-1-2-8-19-11/h4-7,11,14H,1-3,8-9H2,(H,15,16). The smallest absolute Gasteiger partial charge is 0.335 e. The largest absolute Gasteiger partial charge is 0.478 e. The second kappa shape index (κ2) is 6.60. The van der Waals surface area contributed by atoms with Crippen molar-refractivity contribution < 1.29 is 18.3 Å². The van der Waals surface area contributed by atoms with Crippen molar-refractivity contribution in [1.29, 1.82) is 0 Å². The summed E-state index contributed by atoms with van der Waals surface area (Å²) in [4.78, 5) is 10.8. The van der Waals surface area contributed by atoms with Crippen LogP contribution in [-0.4, -0.2) is 37.0 Å². The fourth-order valence-electron chi connectivity index (χ4n) is 2.03. The predicted octanol–water partition coefficient (Wildman–Crippen LogP) is 1.95. The summed E-state index contributed by atoms with van der Waals surface area (Å²) in [7, 11) is -3.56. The number of carboxylic acids is 1. The maximum absolute atomic E-state index is 12.1. The van der Waals surface area contributed by atoms with Gasteiger partial charge < -0.3 is 5.11 Å². The SMILES string of the molecule is O=C(O)c1ccc(S(=O)(=O)NCC2CCCCS2)cc1. The zero-order valence-electron chi connectivity index (χ0n) is 10.9. The van der Waals surface area contributed by atoms with E-state index in [0.717, 1.165) is 18.6 Å². The van der Waals surface area contributed by atoms with Gasteiger partial charge >= 0.3 is 5.97 Å². The first-order valence-corrected chi connectivity index (χ1v) is 8.97. The molecule has 20 heavy (non-hydrogen) atoms. The van der Waals surface area contributed by atoms with E-state index in [1.54, 1.807) is 11.8 Å². The minimum atomic E-state index is -3.56. The Kier molecular flexibility index (Phi) is 5.06. The molecule has 1 aromatic rings. The molecular formula is C13H17NO4S2. The van der Waals surface area contributed by atoms with Crippen LogP contribution in [0.1, 0.15) is 29.6 Å². The van der Waals surface area contributed by atoms with E-state index in [0.29, 0.717) is 11.8 Å². The predicted molar refractivity (Wildman–Crippen MR) is 78.7 cm³/mol. The highest BCUT2D eigenvalue weighted by Gasteiger charge is 2.19. The molecule has 0 spiro atoms. The second-order valence-electron chi connectivity index (χ2n) is 4.67. The summed E-state index contributed by atoms with van der Waals surface area (Å²) in [5.74, 6) is 0.0141. The lowest BCUT2D eigenvalue weighted by molar-refractivity contribution is 0.0696. The van der Waals surface area contributed by atoms with Gasteiger partial charge in [-0.15, -0.1) is 0 Å². The molecule has 0 amide bonds. The molecule has 1 fully saturated rings. The van der Waals surface area contributed by atoms with Crippen LogP contribution in [0.3, 0.4) is 0 Å². The van der Waals surface area contributed by atoms with Gasteiger partial charge in [-0.25, -0.2) is 17.9 Å². The number of sulfonamides is 1. The van der Waals surface area contributed by atoms with Gasteiger partial charge in [0.05, 0.1) is 10.5 Å². The lowest BCUT2D eigenvalue weighted by Gasteiger charge is -2.21. The highest BCUT2D eigenvalue weighted by Crippen LogP contribution is 2.24. The Morgan fingerprint density at radius 3 is 2.55 bits per heavy atom. The number of benzene rings is 1. The normalized spacial score (nSPS) is 19.7. The molecule has 0 aliphatic carbocycles. The minimum Gasteiger partial charge on any atom is -0.478 e. The zero-order valence-corrected chi connectivity index (χ0v) is 12.5. The highest BCUT2D eigenvalue weighted by atomic mass is 32.2. The van der Waals surface area contributed by atoms with Crippen molar-refractivity contribution >= 4 is 27.8 Å². The monoisotopic (exact) mass is 315 g/mol. The molecule has 1 aromatic carbocycles. The van der Waals surface area contributed by atoms with Crippen LogP contribution >= 0.6 is 11.8 Å². The molecule has 110 valence electrons. The maximum Gasteiger partial charge on any atom is 0.335 e. The van der Waals surface area contributed by atoms with Crippen LogP contribution in [0, 0.1) is 0 Å². The summed E-state index contributed by atoms with van der Waals surface area (Å²) in [6.45, 7) is 0.424. The molecule has 7 heteroatoms. The number of rotatable bonds is 5. The third-order valence-electron chi connectivity index (χ3n) is 3.19. The molecule has 1 aliphatic rings. The maximum atomic E-state index is 12.1. The van der Waals surface area contributed by atoms with E-state index in [4.69, 9.17) is 5.11 Å². The summed E-state index contributed by atoms with van der Waals surface area (Å²) in [6.07, 6.45) is 3.38. The summed E-state index contributed by atoms with van der Waals surface area (Å²) in [6, 6.07) is 5.23. The zero-order chi connectivity index (χ0) is 14.6. The van der Waals surface area contributed by atoms with Crippen molar-refractivity contribution in [2.24, 2.45) is 0 Å². The van der Waals surface area contributed by atoms with Crippen molar-refractivity contribution in [3.8, 4) is 0 Å². The van der Waals surface area contributed by atoms with Crippen LogP contribution in [0.5, 0.6) is 0 Å². The first-order chi connectivity index (χ1) is 9.49. The lowest BCUT2D eigenvalue weighted by atomic mass is 10.2. The van der Waals surface area contributed by atoms with E-state index < -0.39 is 16.0 Å².